The highest BCUT2D eigenvalue weighted by molar-refractivity contribution is 5.82. The quantitative estimate of drug-likeness (QED) is 0.833. The van der Waals surface area contributed by atoms with Gasteiger partial charge in [-0.15, -0.1) is 0 Å². The number of rotatable bonds is 5. The summed E-state index contributed by atoms with van der Waals surface area (Å²) in [4.78, 5) is 14.0. The molecular formula is C14H21N3O2. The van der Waals surface area contributed by atoms with Gasteiger partial charge in [-0.05, 0) is 25.0 Å². The summed E-state index contributed by atoms with van der Waals surface area (Å²) in [5.41, 5.74) is 6.52. The van der Waals surface area contributed by atoms with E-state index in [0.717, 1.165) is 30.8 Å². The molecule has 1 aliphatic rings. The summed E-state index contributed by atoms with van der Waals surface area (Å²) < 4.78 is 5.24. The van der Waals surface area contributed by atoms with Crippen molar-refractivity contribution >= 4 is 11.6 Å². The van der Waals surface area contributed by atoms with Gasteiger partial charge in [0.25, 0.3) is 0 Å². The first kappa shape index (κ1) is 13.7. The molecule has 0 radical (unpaired) electrons. The zero-order chi connectivity index (χ0) is 13.7. The Hall–Kier alpha value is -1.75. The van der Waals surface area contributed by atoms with E-state index in [9.17, 15) is 4.79 Å². The highest BCUT2D eigenvalue weighted by Gasteiger charge is 2.27. The minimum Gasteiger partial charge on any atom is -0.495 e. The molecule has 0 aromatic heterocycles. The predicted molar refractivity (Wildman–Crippen MR) is 75.3 cm³/mol. The lowest BCUT2D eigenvalue weighted by atomic mass is 10.2. The van der Waals surface area contributed by atoms with Gasteiger partial charge in [0.05, 0.1) is 19.3 Å². The van der Waals surface area contributed by atoms with Crippen LogP contribution in [0.2, 0.25) is 0 Å². The Kier molecular flexibility index (Phi) is 4.63. The maximum absolute atomic E-state index is 12.2. The average molecular weight is 263 g/mol. The van der Waals surface area contributed by atoms with Crippen LogP contribution in [0, 0.1) is 0 Å². The number of carbonyl (C=O) groups excluding carboxylic acids is 1. The Morgan fingerprint density at radius 1 is 1.53 bits per heavy atom. The molecule has 0 aliphatic carbocycles. The third kappa shape index (κ3) is 3.17. The first-order valence-electron chi connectivity index (χ1n) is 6.62. The van der Waals surface area contributed by atoms with Crippen LogP contribution in [-0.2, 0) is 4.79 Å². The maximum atomic E-state index is 12.2. The van der Waals surface area contributed by atoms with Crippen molar-refractivity contribution in [3.63, 3.8) is 0 Å². The highest BCUT2D eigenvalue weighted by Crippen LogP contribution is 2.23. The molecule has 1 atom stereocenters. The molecule has 19 heavy (non-hydrogen) atoms. The summed E-state index contributed by atoms with van der Waals surface area (Å²) >= 11 is 0. The van der Waals surface area contributed by atoms with E-state index < -0.39 is 0 Å². The Morgan fingerprint density at radius 2 is 2.32 bits per heavy atom. The van der Waals surface area contributed by atoms with Gasteiger partial charge in [-0.25, -0.2) is 0 Å². The SMILES string of the molecule is COc1ccccc1NCC(=O)N1CCCC1CN. The van der Waals surface area contributed by atoms with Gasteiger partial charge in [0.2, 0.25) is 5.91 Å². The lowest BCUT2D eigenvalue weighted by Crippen LogP contribution is -2.42. The van der Waals surface area contributed by atoms with Crippen LogP contribution in [0.25, 0.3) is 0 Å². The summed E-state index contributed by atoms with van der Waals surface area (Å²) in [7, 11) is 1.62. The van der Waals surface area contributed by atoms with E-state index in [1.54, 1.807) is 7.11 Å². The van der Waals surface area contributed by atoms with Crippen molar-refractivity contribution in [1.29, 1.82) is 0 Å². The standard InChI is InChI=1S/C14H21N3O2/c1-19-13-7-3-2-6-12(13)16-10-14(18)17-8-4-5-11(17)9-15/h2-3,6-7,11,16H,4-5,8-10,15H2,1H3. The van der Waals surface area contributed by atoms with E-state index in [-0.39, 0.29) is 18.5 Å². The van der Waals surface area contributed by atoms with Gasteiger partial charge in [-0.2, -0.15) is 0 Å². The zero-order valence-corrected chi connectivity index (χ0v) is 11.3. The number of amides is 1. The number of likely N-dealkylation sites (tertiary alicyclic amines) is 1. The summed E-state index contributed by atoms with van der Waals surface area (Å²) in [6.45, 7) is 1.63. The van der Waals surface area contributed by atoms with E-state index in [1.807, 2.05) is 29.2 Å². The number of ether oxygens (including phenoxy) is 1. The molecule has 0 saturated carbocycles. The van der Waals surface area contributed by atoms with Crippen molar-refractivity contribution in [1.82, 2.24) is 4.90 Å². The van der Waals surface area contributed by atoms with Crippen LogP contribution in [0.3, 0.4) is 0 Å². The maximum Gasteiger partial charge on any atom is 0.242 e. The van der Waals surface area contributed by atoms with Gasteiger partial charge >= 0.3 is 0 Å². The number of anilines is 1. The van der Waals surface area contributed by atoms with Crippen molar-refractivity contribution in [2.75, 3.05) is 32.1 Å². The van der Waals surface area contributed by atoms with Crippen LogP contribution in [0.5, 0.6) is 5.75 Å². The number of carbonyl (C=O) groups is 1. The molecule has 1 heterocycles. The molecule has 0 spiro atoms. The molecule has 0 bridgehead atoms. The first-order valence-corrected chi connectivity index (χ1v) is 6.62. The van der Waals surface area contributed by atoms with Crippen molar-refractivity contribution in [3.05, 3.63) is 24.3 Å². The van der Waals surface area contributed by atoms with E-state index in [2.05, 4.69) is 5.32 Å². The molecule has 104 valence electrons. The van der Waals surface area contributed by atoms with Crippen LogP contribution >= 0.6 is 0 Å². The number of methoxy groups -OCH3 is 1. The van der Waals surface area contributed by atoms with Gasteiger partial charge in [-0.1, -0.05) is 12.1 Å². The van der Waals surface area contributed by atoms with E-state index in [4.69, 9.17) is 10.5 Å². The van der Waals surface area contributed by atoms with Crippen molar-refractivity contribution in [2.45, 2.75) is 18.9 Å². The van der Waals surface area contributed by atoms with Crippen LogP contribution < -0.4 is 15.8 Å². The summed E-state index contributed by atoms with van der Waals surface area (Å²) in [5, 5.41) is 3.13. The van der Waals surface area contributed by atoms with E-state index >= 15 is 0 Å². The second-order valence-corrected chi connectivity index (χ2v) is 4.67. The van der Waals surface area contributed by atoms with Crippen LogP contribution in [0.15, 0.2) is 24.3 Å². The van der Waals surface area contributed by atoms with Gasteiger partial charge in [0, 0.05) is 19.1 Å². The number of nitrogens with one attached hydrogen (secondary N) is 1. The van der Waals surface area contributed by atoms with E-state index in [1.165, 1.54) is 0 Å². The van der Waals surface area contributed by atoms with E-state index in [0.29, 0.717) is 6.54 Å². The molecule has 1 unspecified atom stereocenters. The number of hydrogen-bond donors (Lipinski definition) is 2. The van der Waals surface area contributed by atoms with Gasteiger partial charge in [0.15, 0.2) is 0 Å². The summed E-state index contributed by atoms with van der Waals surface area (Å²) in [6.07, 6.45) is 2.05. The minimum atomic E-state index is 0.0962. The first-order chi connectivity index (χ1) is 9.26. The second kappa shape index (κ2) is 6.43. The molecule has 1 saturated heterocycles. The Morgan fingerprint density at radius 3 is 3.05 bits per heavy atom. The van der Waals surface area contributed by atoms with Crippen molar-refractivity contribution in [2.24, 2.45) is 5.73 Å². The minimum absolute atomic E-state index is 0.0962. The van der Waals surface area contributed by atoms with Crippen molar-refractivity contribution < 1.29 is 9.53 Å². The smallest absolute Gasteiger partial charge is 0.242 e. The fourth-order valence-corrected chi connectivity index (χ4v) is 2.47. The molecule has 1 aliphatic heterocycles. The summed E-state index contributed by atoms with van der Waals surface area (Å²) in [6, 6.07) is 7.78. The van der Waals surface area contributed by atoms with Gasteiger partial charge < -0.3 is 20.7 Å². The van der Waals surface area contributed by atoms with Crippen molar-refractivity contribution in [3.8, 4) is 5.75 Å². The molecule has 5 nitrogen and oxygen atoms in total. The number of nitrogens with two attached hydrogens (primary N) is 1. The number of benzene rings is 1. The molecular weight excluding hydrogens is 242 g/mol. The molecule has 1 aromatic rings. The van der Waals surface area contributed by atoms with Gasteiger partial charge in [-0.3, -0.25) is 4.79 Å². The van der Waals surface area contributed by atoms with Crippen LogP contribution in [-0.4, -0.2) is 43.6 Å². The lowest BCUT2D eigenvalue weighted by molar-refractivity contribution is -0.129. The molecule has 1 amide bonds. The third-order valence-electron chi connectivity index (χ3n) is 3.51. The Balaban J connectivity index is 1.93. The predicted octanol–water partition coefficient (Wildman–Crippen LogP) is 1.06. The zero-order valence-electron chi connectivity index (χ0n) is 11.3. The Bertz CT molecular complexity index is 436. The lowest BCUT2D eigenvalue weighted by Gasteiger charge is -2.24. The highest BCUT2D eigenvalue weighted by atomic mass is 16.5. The molecule has 3 N–H and O–H groups in total. The summed E-state index contributed by atoms with van der Waals surface area (Å²) in [5.74, 6) is 0.839. The second-order valence-electron chi connectivity index (χ2n) is 4.67. The number of hydrogen-bond acceptors (Lipinski definition) is 4. The fourth-order valence-electron chi connectivity index (χ4n) is 2.47. The topological polar surface area (TPSA) is 67.6 Å². The largest absolute Gasteiger partial charge is 0.495 e. The molecule has 2 rings (SSSR count). The van der Waals surface area contributed by atoms with Crippen LogP contribution in [0.1, 0.15) is 12.8 Å². The average Bonchev–Trinajstić information content (AvgIpc) is 2.93. The normalized spacial score (nSPS) is 18.4. The van der Waals surface area contributed by atoms with Crippen LogP contribution in [0.4, 0.5) is 5.69 Å². The molecule has 1 fully saturated rings. The third-order valence-corrected chi connectivity index (χ3v) is 3.51. The molecule has 1 aromatic carbocycles. The monoisotopic (exact) mass is 263 g/mol. The Labute approximate surface area is 113 Å². The molecule has 5 heteroatoms. The fraction of sp³-hybridized carbons (Fsp3) is 0.500. The number of para-hydroxylation sites is 2. The van der Waals surface area contributed by atoms with Gasteiger partial charge in [0.1, 0.15) is 5.75 Å². The number of nitrogens with zero attached hydrogens (tertiary/aromatic N) is 1.